The Bertz CT molecular complexity index is 629. The molecule has 2 rings (SSSR count). The highest BCUT2D eigenvalue weighted by Crippen LogP contribution is 2.27. The third kappa shape index (κ3) is 5.19. The smallest absolute Gasteiger partial charge is 0.305 e. The Labute approximate surface area is 148 Å². The molecule has 1 heterocycles. The van der Waals surface area contributed by atoms with Gasteiger partial charge < -0.3 is 19.9 Å². The average Bonchev–Trinajstić information content (AvgIpc) is 2.93. The number of rotatable bonds is 6. The summed E-state index contributed by atoms with van der Waals surface area (Å²) < 4.78 is 11.1. The Morgan fingerprint density at radius 2 is 2.12 bits per heavy atom. The van der Waals surface area contributed by atoms with Gasteiger partial charge in [-0.05, 0) is 36.5 Å². The van der Waals surface area contributed by atoms with Crippen molar-refractivity contribution in [1.29, 1.82) is 0 Å². The van der Waals surface area contributed by atoms with Gasteiger partial charge in [-0.3, -0.25) is 9.59 Å². The van der Waals surface area contributed by atoms with Crippen molar-refractivity contribution in [1.82, 2.24) is 5.32 Å². The number of carboxylic acids is 1. The molecule has 0 bridgehead atoms. The summed E-state index contributed by atoms with van der Waals surface area (Å²) >= 11 is 0. The van der Waals surface area contributed by atoms with Crippen molar-refractivity contribution >= 4 is 11.9 Å². The molecule has 0 aliphatic carbocycles. The van der Waals surface area contributed by atoms with Crippen LogP contribution < -0.4 is 10.1 Å². The third-order valence-electron chi connectivity index (χ3n) is 4.36. The summed E-state index contributed by atoms with van der Waals surface area (Å²) in [6, 6.07) is 7.66. The van der Waals surface area contributed by atoms with Gasteiger partial charge in [-0.2, -0.15) is 0 Å². The zero-order valence-electron chi connectivity index (χ0n) is 15.3. The second-order valence-corrected chi connectivity index (χ2v) is 7.68. The summed E-state index contributed by atoms with van der Waals surface area (Å²) in [6.07, 6.45) is -0.413. The summed E-state index contributed by atoms with van der Waals surface area (Å²) in [5.41, 5.74) is 0.245. The molecule has 6 heteroatoms. The van der Waals surface area contributed by atoms with Crippen molar-refractivity contribution in [3.05, 3.63) is 29.8 Å². The van der Waals surface area contributed by atoms with Gasteiger partial charge in [0.1, 0.15) is 5.75 Å². The maximum absolute atomic E-state index is 12.5. The molecule has 138 valence electrons. The molecule has 1 aromatic carbocycles. The van der Waals surface area contributed by atoms with E-state index in [-0.39, 0.29) is 24.3 Å². The highest BCUT2D eigenvalue weighted by Gasteiger charge is 2.39. The largest absolute Gasteiger partial charge is 0.481 e. The Hall–Kier alpha value is -2.08. The van der Waals surface area contributed by atoms with Gasteiger partial charge in [-0.1, -0.05) is 32.9 Å². The summed E-state index contributed by atoms with van der Waals surface area (Å²) in [5.74, 6) is -0.685. The van der Waals surface area contributed by atoms with E-state index in [0.29, 0.717) is 18.8 Å². The second-order valence-electron chi connectivity index (χ2n) is 7.68. The van der Waals surface area contributed by atoms with Crippen LogP contribution in [0.2, 0.25) is 0 Å². The molecule has 0 saturated carbocycles. The van der Waals surface area contributed by atoms with E-state index >= 15 is 0 Å². The van der Waals surface area contributed by atoms with Gasteiger partial charge in [0.2, 0.25) is 0 Å². The Balaban J connectivity index is 2.04. The Morgan fingerprint density at radius 1 is 1.40 bits per heavy atom. The van der Waals surface area contributed by atoms with Gasteiger partial charge in [0.15, 0.2) is 6.10 Å². The van der Waals surface area contributed by atoms with E-state index in [9.17, 15) is 9.59 Å². The van der Waals surface area contributed by atoms with Crippen molar-refractivity contribution in [3.63, 3.8) is 0 Å². The van der Waals surface area contributed by atoms with Crippen LogP contribution >= 0.6 is 0 Å². The van der Waals surface area contributed by atoms with Crippen molar-refractivity contribution in [2.45, 2.75) is 57.6 Å². The molecule has 1 aliphatic heterocycles. The zero-order chi connectivity index (χ0) is 18.7. The number of aliphatic carboxylic acids is 1. The second kappa shape index (κ2) is 7.44. The molecule has 0 radical (unpaired) electrons. The molecule has 1 fully saturated rings. The monoisotopic (exact) mass is 349 g/mol. The molecule has 1 aliphatic rings. The molecule has 1 aromatic rings. The van der Waals surface area contributed by atoms with E-state index in [0.717, 1.165) is 5.56 Å². The van der Waals surface area contributed by atoms with E-state index in [1.807, 2.05) is 24.3 Å². The first kappa shape index (κ1) is 19.2. The van der Waals surface area contributed by atoms with Crippen molar-refractivity contribution in [2.75, 3.05) is 13.2 Å². The van der Waals surface area contributed by atoms with Crippen LogP contribution in [0.15, 0.2) is 24.3 Å². The number of amides is 1. The lowest BCUT2D eigenvalue weighted by Crippen LogP contribution is -2.53. The molecular weight excluding hydrogens is 322 g/mol. The fourth-order valence-corrected chi connectivity index (χ4v) is 2.84. The van der Waals surface area contributed by atoms with Crippen LogP contribution in [0, 0.1) is 0 Å². The fraction of sp³-hybridized carbons (Fsp3) is 0.579. The minimum Gasteiger partial charge on any atom is -0.481 e. The normalized spacial score (nSPS) is 21.6. The number of nitrogens with one attached hydrogen (secondary N) is 1. The predicted octanol–water partition coefficient (Wildman–Crippen LogP) is 2.50. The molecule has 2 unspecified atom stereocenters. The van der Waals surface area contributed by atoms with Gasteiger partial charge >= 0.3 is 5.97 Å². The van der Waals surface area contributed by atoms with Crippen LogP contribution in [0.25, 0.3) is 0 Å². The first-order valence-corrected chi connectivity index (χ1v) is 8.50. The summed E-state index contributed by atoms with van der Waals surface area (Å²) in [7, 11) is 0. The van der Waals surface area contributed by atoms with E-state index in [1.165, 1.54) is 0 Å². The molecule has 0 spiro atoms. The van der Waals surface area contributed by atoms with E-state index < -0.39 is 17.6 Å². The summed E-state index contributed by atoms with van der Waals surface area (Å²) in [6.45, 7) is 8.63. The summed E-state index contributed by atoms with van der Waals surface area (Å²) in [4.78, 5) is 23.6. The SMILES string of the molecule is CC(Oc1cccc(C(C)(C)C)c1)C(=O)NC1(CC(=O)O)CCOC1. The average molecular weight is 349 g/mol. The zero-order valence-corrected chi connectivity index (χ0v) is 15.3. The standard InChI is InChI=1S/C19H27NO5/c1-13(25-15-7-5-6-14(10-15)18(2,3)4)17(23)20-19(11-16(21)22)8-9-24-12-19/h5-7,10,13H,8-9,11-12H2,1-4H3,(H,20,23)(H,21,22). The van der Waals surface area contributed by atoms with Crippen LogP contribution in [0.3, 0.4) is 0 Å². The minimum absolute atomic E-state index is 0.0163. The fourth-order valence-electron chi connectivity index (χ4n) is 2.84. The number of carbonyl (C=O) groups is 2. The van der Waals surface area contributed by atoms with E-state index in [2.05, 4.69) is 26.1 Å². The van der Waals surface area contributed by atoms with Gasteiger partial charge in [0.25, 0.3) is 5.91 Å². The molecule has 2 atom stereocenters. The summed E-state index contributed by atoms with van der Waals surface area (Å²) in [5, 5.41) is 11.9. The minimum atomic E-state index is -0.961. The van der Waals surface area contributed by atoms with Crippen molar-refractivity contribution in [3.8, 4) is 5.75 Å². The van der Waals surface area contributed by atoms with Gasteiger partial charge in [-0.15, -0.1) is 0 Å². The number of carbonyl (C=O) groups excluding carboxylic acids is 1. The lowest BCUT2D eigenvalue weighted by molar-refractivity contribution is -0.139. The van der Waals surface area contributed by atoms with Crippen LogP contribution in [-0.2, 0) is 19.7 Å². The third-order valence-corrected chi connectivity index (χ3v) is 4.36. The predicted molar refractivity (Wildman–Crippen MR) is 93.8 cm³/mol. The number of ether oxygens (including phenoxy) is 2. The number of hydrogen-bond acceptors (Lipinski definition) is 4. The number of hydrogen-bond donors (Lipinski definition) is 2. The molecule has 2 N–H and O–H groups in total. The topological polar surface area (TPSA) is 84.9 Å². The molecular formula is C19H27NO5. The van der Waals surface area contributed by atoms with Crippen molar-refractivity contribution < 1.29 is 24.2 Å². The van der Waals surface area contributed by atoms with Gasteiger partial charge in [-0.25, -0.2) is 0 Å². The number of carboxylic acid groups (broad SMARTS) is 1. The van der Waals surface area contributed by atoms with Crippen molar-refractivity contribution in [2.24, 2.45) is 0 Å². The molecule has 25 heavy (non-hydrogen) atoms. The number of benzene rings is 1. The van der Waals surface area contributed by atoms with Gasteiger partial charge in [0.05, 0.1) is 18.6 Å². The van der Waals surface area contributed by atoms with E-state index in [4.69, 9.17) is 14.6 Å². The molecule has 1 amide bonds. The van der Waals surface area contributed by atoms with E-state index in [1.54, 1.807) is 6.92 Å². The maximum Gasteiger partial charge on any atom is 0.305 e. The lowest BCUT2D eigenvalue weighted by atomic mass is 9.87. The quantitative estimate of drug-likeness (QED) is 0.824. The van der Waals surface area contributed by atoms with Crippen LogP contribution in [0.1, 0.15) is 46.1 Å². The first-order valence-electron chi connectivity index (χ1n) is 8.50. The molecule has 0 aromatic heterocycles. The first-order chi connectivity index (χ1) is 11.6. The molecule has 6 nitrogen and oxygen atoms in total. The Morgan fingerprint density at radius 3 is 2.68 bits per heavy atom. The van der Waals surface area contributed by atoms with Crippen LogP contribution in [0.5, 0.6) is 5.75 Å². The van der Waals surface area contributed by atoms with Crippen LogP contribution in [-0.4, -0.2) is 41.8 Å². The highest BCUT2D eigenvalue weighted by atomic mass is 16.5. The maximum atomic E-state index is 12.5. The lowest BCUT2D eigenvalue weighted by Gasteiger charge is -2.28. The highest BCUT2D eigenvalue weighted by molar-refractivity contribution is 5.82. The Kier molecular flexibility index (Phi) is 5.72. The van der Waals surface area contributed by atoms with Crippen LogP contribution in [0.4, 0.5) is 0 Å². The molecule has 1 saturated heterocycles. The van der Waals surface area contributed by atoms with Gasteiger partial charge in [0, 0.05) is 6.61 Å².